The monoisotopic (exact) mass is 1220 g/mol. The van der Waals surface area contributed by atoms with Gasteiger partial charge in [0.25, 0.3) is 5.91 Å². The van der Waals surface area contributed by atoms with Crippen LogP contribution < -0.4 is 21.3 Å². The van der Waals surface area contributed by atoms with Gasteiger partial charge in [-0.05, 0) is 84.3 Å². The Balaban J connectivity index is 1.23. The van der Waals surface area contributed by atoms with Gasteiger partial charge in [0.2, 0.25) is 29.5 Å². The lowest BCUT2D eigenvalue weighted by molar-refractivity contribution is -0.870. The zero-order chi connectivity index (χ0) is 64.3. The van der Waals surface area contributed by atoms with Crippen LogP contribution in [0.4, 0.5) is 0 Å². The maximum atomic E-state index is 14.8. The summed E-state index contributed by atoms with van der Waals surface area (Å²) in [6.45, 7) is 5.35. The molecule has 3 heterocycles. The summed E-state index contributed by atoms with van der Waals surface area (Å²) in [4.78, 5) is 104. The van der Waals surface area contributed by atoms with Crippen molar-refractivity contribution in [3.63, 3.8) is 0 Å². The highest BCUT2D eigenvalue weighted by Crippen LogP contribution is 2.32. The first kappa shape index (κ1) is 68.3. The maximum absolute atomic E-state index is 14.8. The van der Waals surface area contributed by atoms with Crippen molar-refractivity contribution >= 4 is 41.2 Å². The minimum absolute atomic E-state index is 0.0203. The number of unbranched alkanes of at least 4 members (excludes halogenated alkanes) is 3. The zero-order valence-corrected chi connectivity index (χ0v) is 51.1. The van der Waals surface area contributed by atoms with E-state index in [1.54, 1.807) is 12.1 Å². The number of ether oxygens (including phenoxy) is 1. The van der Waals surface area contributed by atoms with Crippen LogP contribution >= 0.6 is 0 Å². The second-order valence-electron chi connectivity index (χ2n) is 24.9. The van der Waals surface area contributed by atoms with E-state index in [9.17, 15) is 74.4 Å². The van der Waals surface area contributed by atoms with Gasteiger partial charge in [0.05, 0.1) is 70.2 Å². The first-order valence-electron chi connectivity index (χ1n) is 30.3. The molecule has 3 saturated heterocycles. The number of carbonyl (C=O) groups is 7. The van der Waals surface area contributed by atoms with Gasteiger partial charge < -0.3 is 81.1 Å². The lowest BCUT2D eigenvalue weighted by Crippen LogP contribution is -2.61. The molecule has 0 bridgehead atoms. The van der Waals surface area contributed by atoms with E-state index in [1.807, 2.05) is 45.4 Å². The van der Waals surface area contributed by atoms with Gasteiger partial charge in [-0.15, -0.1) is 0 Å². The molecule has 6 unspecified atom stereocenters. The number of aromatic hydroxyl groups is 1. The van der Waals surface area contributed by atoms with Gasteiger partial charge >= 0.3 is 0 Å². The number of Topliss-reactive ketones (excluding diaryl/α,β-unsaturated/α-hetero) is 1. The predicted octanol–water partition coefficient (Wildman–Crippen LogP) is 1.45. The molecule has 23 heteroatoms. The van der Waals surface area contributed by atoms with E-state index in [-0.39, 0.29) is 30.0 Å². The molecule has 12 N–H and O–H groups in total. The van der Waals surface area contributed by atoms with E-state index in [2.05, 4.69) is 52.5 Å². The molecule has 88 heavy (non-hydrogen) atoms. The third kappa shape index (κ3) is 17.4. The van der Waals surface area contributed by atoms with Crippen LogP contribution in [0.5, 0.6) is 5.75 Å². The van der Waals surface area contributed by atoms with Crippen molar-refractivity contribution in [1.82, 2.24) is 31.1 Å². The van der Waals surface area contributed by atoms with Crippen LogP contribution in [0.25, 0.3) is 22.3 Å². The number of fused-ring (bicyclic) bond motifs is 2. The minimum Gasteiger partial charge on any atom is -0.508 e. The van der Waals surface area contributed by atoms with E-state index in [0.717, 1.165) is 58.7 Å². The third-order valence-corrected chi connectivity index (χ3v) is 16.8. The lowest BCUT2D eigenvalue weighted by atomic mass is 9.86. The number of carbonyl (C=O) groups excluding carboxylic acids is 7. The molecule has 0 saturated carbocycles. The molecule has 478 valence electrons. The molecule has 3 fully saturated rings. The number of ketones is 1. The number of likely N-dealkylation sites (N-methyl/N-ethyl adjacent to an activating group) is 1. The average Bonchev–Trinajstić information content (AvgIpc) is 2.08. The van der Waals surface area contributed by atoms with E-state index in [4.69, 9.17) is 4.74 Å². The first-order valence-corrected chi connectivity index (χ1v) is 30.3. The van der Waals surface area contributed by atoms with E-state index in [1.165, 1.54) is 68.1 Å². The van der Waals surface area contributed by atoms with Gasteiger partial charge in [0.1, 0.15) is 48.7 Å². The van der Waals surface area contributed by atoms with Crippen molar-refractivity contribution in [3.05, 3.63) is 114 Å². The Hall–Kier alpha value is -7.19. The number of rotatable bonds is 18. The van der Waals surface area contributed by atoms with E-state index in [0.29, 0.717) is 11.0 Å². The Labute approximate surface area is 513 Å². The normalized spacial score (nSPS) is 26.8. The molecule has 4 aromatic carbocycles. The number of quaternary nitrogens is 1. The van der Waals surface area contributed by atoms with Crippen LogP contribution in [0.2, 0.25) is 0 Å². The molecular formula is C65H88N7O16+. The Morgan fingerprint density at radius 2 is 1.23 bits per heavy atom. The number of aliphatic hydroxyl groups is 7. The number of aliphatic hydroxyl groups excluding tert-OH is 7. The van der Waals surface area contributed by atoms with Crippen LogP contribution in [-0.4, -0.2) is 217 Å². The minimum atomic E-state index is -2.17. The second-order valence-corrected chi connectivity index (χ2v) is 24.9. The molecule has 6 amide bonds. The topological polar surface area (TPSA) is 345 Å². The Kier molecular flexibility index (Phi) is 23.6. The molecule has 7 rings (SSSR count). The molecule has 0 aromatic heterocycles. The smallest absolute Gasteiger partial charge is 0.251 e. The fraction of sp³-hybridized carbons (Fsp3) is 0.523. The number of hydrogen-bond acceptors (Lipinski definition) is 16. The highest BCUT2D eigenvalue weighted by atomic mass is 16.5. The molecule has 15 atom stereocenters. The lowest BCUT2D eigenvalue weighted by Gasteiger charge is -2.34. The Bertz CT molecular complexity index is 3030. The molecule has 3 aliphatic heterocycles. The average molecular weight is 1220 g/mol. The molecule has 0 aliphatic carbocycles. The van der Waals surface area contributed by atoms with Gasteiger partial charge in [0, 0.05) is 43.8 Å². The summed E-state index contributed by atoms with van der Waals surface area (Å²) >= 11 is 0. The Morgan fingerprint density at radius 3 is 1.78 bits per heavy atom. The van der Waals surface area contributed by atoms with Gasteiger partial charge in [-0.1, -0.05) is 106 Å². The number of phenols is 1. The van der Waals surface area contributed by atoms with Gasteiger partial charge in [0.15, 0.2) is 12.0 Å². The SMILES string of the molecule is CCCCCCc1ccc(-c2ccc(-c3ccc(C(=O)N[C@H]4C[C@@H](O)C(OCC[N+](C)(C)C)NC(=O)C5[C@@H](O)[C@@H](C)CN5C(=O)C([C@@H](C)O)NC(=O)C([C@H](O)[C@@H](O)c5ccc(O)cc5)CC(=O)C5C[C@@H](O)CN5C(=O)C([C@@H](C)O)NC4=O)cc3)cc2)cc1. The third-order valence-electron chi connectivity index (χ3n) is 16.8. The standard InChI is InChI=1S/C65H87N7O16/c1-8-9-10-11-12-39-13-15-40(16-14-39)41-17-19-42(20-18-41)43-21-23-45(24-22-43)59(82)66-49-33-52(78)63(88-30-29-72(5,6)7)69-62(85)55-56(79)36(2)34-71(55)65(87)54(38(4)74)67-60(83)48(58(81)57(80)44-25-27-46(75)28-26-44)32-51(77)50-31-47(76)35-70(50)64(86)53(37(3)73)68-61(49)84/h13-28,36-38,47-50,52-58,63,73-74,76,78-81H,8-12,29-35H2,1-7H3,(H4-,66,67,68,69,75,82,83,84,85)/p+1/t36-,37+,38+,47+,48?,49-,50?,52+,53?,54?,55?,56-,57-,58-,63?/m0/s1. The fourth-order valence-corrected chi connectivity index (χ4v) is 11.4. The molecule has 23 nitrogen and oxygen atoms in total. The first-order chi connectivity index (χ1) is 41.6. The summed E-state index contributed by atoms with van der Waals surface area (Å²) in [6.07, 6.45) is -10.6. The van der Waals surface area contributed by atoms with Crippen LogP contribution in [0.1, 0.15) is 100 Å². The largest absolute Gasteiger partial charge is 0.508 e. The summed E-state index contributed by atoms with van der Waals surface area (Å²) < 4.78 is 6.46. The molecule has 3 aliphatic rings. The number of nitrogens with one attached hydrogen (secondary N) is 4. The Morgan fingerprint density at radius 1 is 0.682 bits per heavy atom. The zero-order valence-electron chi connectivity index (χ0n) is 51.1. The van der Waals surface area contributed by atoms with Crippen molar-refractivity contribution in [3.8, 4) is 28.0 Å². The number of phenolic OH excluding ortho intramolecular Hbond substituents is 1. The molecule has 4 aromatic rings. The summed E-state index contributed by atoms with van der Waals surface area (Å²) in [5, 5.41) is 101. The van der Waals surface area contributed by atoms with Crippen LogP contribution in [0, 0.1) is 11.8 Å². The quantitative estimate of drug-likeness (QED) is 0.0496. The van der Waals surface area contributed by atoms with Crippen LogP contribution in [0.15, 0.2) is 97.1 Å². The van der Waals surface area contributed by atoms with Gasteiger partial charge in [-0.3, -0.25) is 33.6 Å². The summed E-state index contributed by atoms with van der Waals surface area (Å²) in [5.74, 6) is -10.5. The second kappa shape index (κ2) is 30.3. The van der Waals surface area contributed by atoms with Crippen LogP contribution in [-0.2, 0) is 39.9 Å². The number of hydrogen-bond donors (Lipinski definition) is 12. The van der Waals surface area contributed by atoms with E-state index < -0.39 is 158 Å². The number of benzene rings is 4. The fourth-order valence-electron chi connectivity index (χ4n) is 11.4. The number of amides is 6. The van der Waals surface area contributed by atoms with Gasteiger partial charge in [-0.2, -0.15) is 0 Å². The highest BCUT2D eigenvalue weighted by molar-refractivity contribution is 6.00. The predicted molar refractivity (Wildman–Crippen MR) is 324 cm³/mol. The van der Waals surface area contributed by atoms with Crippen molar-refractivity contribution < 1.29 is 83.6 Å². The summed E-state index contributed by atoms with van der Waals surface area (Å²) in [7, 11) is 5.55. The molecular weight excluding hydrogens is 1130 g/mol. The van der Waals surface area contributed by atoms with E-state index >= 15 is 0 Å². The molecule has 0 radical (unpaired) electrons. The van der Waals surface area contributed by atoms with Crippen molar-refractivity contribution in [1.29, 1.82) is 0 Å². The summed E-state index contributed by atoms with van der Waals surface area (Å²) in [5.41, 5.74) is 5.02. The number of nitrogens with zero attached hydrogens (tertiary/aromatic N) is 3. The van der Waals surface area contributed by atoms with Crippen molar-refractivity contribution in [2.24, 2.45) is 11.8 Å². The van der Waals surface area contributed by atoms with Gasteiger partial charge in [-0.25, -0.2) is 0 Å². The number of aryl methyl sites for hydroxylation is 1. The van der Waals surface area contributed by atoms with Crippen molar-refractivity contribution in [2.45, 2.75) is 158 Å². The molecule has 0 spiro atoms. The van der Waals surface area contributed by atoms with Crippen molar-refractivity contribution in [2.75, 3.05) is 47.4 Å². The maximum Gasteiger partial charge on any atom is 0.251 e. The van der Waals surface area contributed by atoms with Crippen LogP contribution in [0.3, 0.4) is 0 Å². The summed E-state index contributed by atoms with van der Waals surface area (Å²) in [6, 6.07) is 18.8. The highest BCUT2D eigenvalue weighted by Gasteiger charge is 2.50.